The Morgan fingerprint density at radius 2 is 0.902 bits per heavy atom. The first-order valence-corrected chi connectivity index (χ1v) is 37.0. The average molecular weight is 1490 g/mol. The zero-order valence-corrected chi connectivity index (χ0v) is 56.0. The van der Waals surface area contributed by atoms with Crippen LogP contribution < -0.4 is 10.4 Å². The fourth-order valence-electron chi connectivity index (χ4n) is 11.5. The normalized spacial score (nSPS) is 13.5. The van der Waals surface area contributed by atoms with Crippen molar-refractivity contribution in [1.29, 1.82) is 0 Å². The summed E-state index contributed by atoms with van der Waals surface area (Å²) < 4.78 is 5.34. The number of benzene rings is 6. The second-order valence-electron chi connectivity index (χ2n) is 23.1. The maximum Gasteiger partial charge on any atom is 0.0783 e. The molecule has 0 amide bonds. The number of hydrogen-bond donors (Lipinski definition) is 0. The molecule has 0 saturated heterocycles. The van der Waals surface area contributed by atoms with Crippen LogP contribution in [0, 0.1) is 24.3 Å². The molecule has 2 aliphatic carbocycles. The summed E-state index contributed by atoms with van der Waals surface area (Å²) in [4.78, 5) is 18.0. The predicted octanol–water partition coefficient (Wildman–Crippen LogP) is 19.3. The summed E-state index contributed by atoms with van der Waals surface area (Å²) in [5.74, 6) is 1.50. The molecule has 6 aromatic carbocycles. The van der Waals surface area contributed by atoms with Crippen LogP contribution in [0.3, 0.4) is 0 Å². The van der Waals surface area contributed by atoms with E-state index in [9.17, 15) is 0 Å². The third-order valence-corrected chi connectivity index (χ3v) is 22.0. The Balaban J connectivity index is 0.000000132. The molecule has 10 heteroatoms. The van der Waals surface area contributed by atoms with Crippen molar-refractivity contribution < 1.29 is 40.2 Å². The number of aromatic nitrogens is 4. The van der Waals surface area contributed by atoms with Gasteiger partial charge in [0, 0.05) is 82.5 Å². The van der Waals surface area contributed by atoms with E-state index in [0.717, 1.165) is 56.9 Å². The summed E-state index contributed by atoms with van der Waals surface area (Å²) in [6, 6.07) is 72.4. The Hall–Kier alpha value is -5.91. The molecule has 82 heavy (non-hydrogen) atoms. The van der Waals surface area contributed by atoms with Crippen LogP contribution in [-0.4, -0.2) is 36.1 Å². The molecule has 14 rings (SSSR count). The van der Waals surface area contributed by atoms with E-state index in [0.29, 0.717) is 0 Å². The first kappa shape index (κ1) is 60.7. The fourth-order valence-corrected chi connectivity index (χ4v) is 17.3. The van der Waals surface area contributed by atoms with Gasteiger partial charge in [-0.2, -0.15) is 22.7 Å². The molecule has 12 aromatic rings. The molecule has 2 fully saturated rings. The standard InChI is InChI=1S/2C20H18NSSi.2C16H16N.2Ir/c1-23(2,3)18-12-7-11-17-19(18)15-9-6-8-14(20(15)22-17)16-10-4-5-13-21-16;1-23(2,3)18-12-11-14(16-9-6-7-13-21-16)20-19(18)15-8-4-5-10-17(15)22-20;2*1-2-8-14(9-3-1)16-12-15(10-11-17-16)13-6-4-5-7-13;;/h4-7,9-13H,1-3H3;4-10,12-13H,1-3H3;2*1-3,8,10-13H,4-7H2;;/q4*-1;;. The van der Waals surface area contributed by atoms with E-state index in [1.54, 1.807) is 5.19 Å². The minimum atomic E-state index is -1.45. The van der Waals surface area contributed by atoms with Gasteiger partial charge in [-0.05, 0) is 117 Å². The molecule has 4 nitrogen and oxygen atoms in total. The van der Waals surface area contributed by atoms with Crippen LogP contribution in [0.1, 0.15) is 74.3 Å². The predicted molar refractivity (Wildman–Crippen MR) is 348 cm³/mol. The molecule has 6 aromatic heterocycles. The summed E-state index contributed by atoms with van der Waals surface area (Å²) in [6.45, 7) is 14.5. The van der Waals surface area contributed by atoms with Gasteiger partial charge in [0.2, 0.25) is 0 Å². The molecule has 0 spiro atoms. The van der Waals surface area contributed by atoms with Crippen LogP contribution in [0.5, 0.6) is 0 Å². The molecule has 2 aliphatic rings. The number of nitrogens with zero attached hydrogens (tertiary/aromatic N) is 4. The fraction of sp³-hybridized carbons (Fsp3) is 0.222. The van der Waals surface area contributed by atoms with Crippen LogP contribution in [0.2, 0.25) is 39.3 Å². The van der Waals surface area contributed by atoms with E-state index in [-0.39, 0.29) is 40.2 Å². The van der Waals surface area contributed by atoms with E-state index >= 15 is 0 Å². The van der Waals surface area contributed by atoms with Gasteiger partial charge in [-0.25, -0.2) is 0 Å². The van der Waals surface area contributed by atoms with Gasteiger partial charge in [-0.15, -0.1) is 118 Å². The van der Waals surface area contributed by atoms with E-state index in [1.165, 1.54) is 108 Å². The maximum absolute atomic E-state index is 4.55. The van der Waals surface area contributed by atoms with Gasteiger partial charge in [-0.3, -0.25) is 0 Å². The van der Waals surface area contributed by atoms with Crippen LogP contribution in [-0.2, 0) is 40.2 Å². The van der Waals surface area contributed by atoms with Crippen molar-refractivity contribution in [2.45, 2.75) is 102 Å². The summed E-state index contributed by atoms with van der Waals surface area (Å²) in [5.41, 5.74) is 11.4. The van der Waals surface area contributed by atoms with Crippen LogP contribution >= 0.6 is 22.7 Å². The molecular formula is C72H68Ir2N4S2Si2-4. The molecule has 418 valence electrons. The number of rotatable bonds is 8. The molecule has 0 atom stereocenters. The van der Waals surface area contributed by atoms with Crippen molar-refractivity contribution in [2.75, 3.05) is 0 Å². The van der Waals surface area contributed by atoms with Gasteiger partial charge in [0.05, 0.1) is 8.07 Å². The van der Waals surface area contributed by atoms with Crippen molar-refractivity contribution in [3.05, 3.63) is 230 Å². The summed E-state index contributed by atoms with van der Waals surface area (Å²) in [5, 5.41) is 8.62. The SMILES string of the molecule is C[Si](C)(C)c1c[c-]c(-c2ccccn2)c2sc3ccccc3c12.C[Si](C)(C)c1cccc2sc3c(-c4ccccn4)[c-]ccc3c12.[Ir].[Ir].[c-]1ccccc1-c1cc(C2CCCC2)ccn1.[c-]1ccccc1-c1cc(C2CCCC2)ccn1. The van der Waals surface area contributed by atoms with E-state index in [1.807, 2.05) is 114 Å². The van der Waals surface area contributed by atoms with E-state index in [4.69, 9.17) is 0 Å². The van der Waals surface area contributed by atoms with Crippen molar-refractivity contribution in [3.8, 4) is 45.0 Å². The minimum Gasteiger partial charge on any atom is -0.305 e. The molecule has 0 unspecified atom stereocenters. The van der Waals surface area contributed by atoms with Gasteiger partial charge >= 0.3 is 0 Å². The van der Waals surface area contributed by atoms with Gasteiger partial charge in [-0.1, -0.05) is 159 Å². The summed E-state index contributed by atoms with van der Waals surface area (Å²) >= 11 is 3.73. The van der Waals surface area contributed by atoms with Gasteiger partial charge in [0.25, 0.3) is 0 Å². The third kappa shape index (κ3) is 14.0. The van der Waals surface area contributed by atoms with Crippen molar-refractivity contribution in [1.82, 2.24) is 19.9 Å². The second-order valence-corrected chi connectivity index (χ2v) is 35.3. The second kappa shape index (κ2) is 27.7. The maximum atomic E-state index is 4.55. The van der Waals surface area contributed by atoms with Crippen molar-refractivity contribution in [2.24, 2.45) is 0 Å². The largest absolute Gasteiger partial charge is 0.305 e. The first-order chi connectivity index (χ1) is 39.0. The number of hydrogen-bond acceptors (Lipinski definition) is 6. The Morgan fingerprint density at radius 3 is 1.43 bits per heavy atom. The summed E-state index contributed by atoms with van der Waals surface area (Å²) in [7, 11) is -2.84. The third-order valence-electron chi connectivity index (χ3n) is 15.6. The minimum absolute atomic E-state index is 0. The average Bonchev–Trinajstić information content (AvgIpc) is 3.28. The first-order valence-electron chi connectivity index (χ1n) is 28.4. The zero-order valence-electron chi connectivity index (χ0n) is 47.6. The van der Waals surface area contributed by atoms with E-state index < -0.39 is 16.1 Å². The van der Waals surface area contributed by atoms with E-state index in [2.05, 4.69) is 187 Å². The Bertz CT molecular complexity index is 3900. The molecule has 0 N–H and O–H groups in total. The Labute approximate surface area is 522 Å². The molecule has 0 bridgehead atoms. The summed E-state index contributed by atoms with van der Waals surface area (Å²) in [6.07, 6.45) is 18.4. The quantitative estimate of drug-likeness (QED) is 0.112. The molecule has 2 radical (unpaired) electrons. The zero-order chi connectivity index (χ0) is 55.1. The number of thiophene rings is 2. The van der Waals surface area contributed by atoms with Crippen LogP contribution in [0.25, 0.3) is 85.4 Å². The van der Waals surface area contributed by atoms with Crippen LogP contribution in [0.4, 0.5) is 0 Å². The van der Waals surface area contributed by atoms with Crippen molar-refractivity contribution >= 4 is 89.5 Å². The van der Waals surface area contributed by atoms with Gasteiger partial charge in [0.15, 0.2) is 0 Å². The molecule has 2 saturated carbocycles. The number of fused-ring (bicyclic) bond motifs is 6. The monoisotopic (exact) mass is 1490 g/mol. The molecule has 6 heterocycles. The topological polar surface area (TPSA) is 51.6 Å². The number of pyridine rings is 4. The Morgan fingerprint density at radius 1 is 0.402 bits per heavy atom. The van der Waals surface area contributed by atoms with Crippen molar-refractivity contribution in [3.63, 3.8) is 0 Å². The molecular weight excluding hydrogens is 1430 g/mol. The Kier molecular flexibility index (Phi) is 20.5. The van der Waals surface area contributed by atoms with Gasteiger partial charge < -0.3 is 19.9 Å². The van der Waals surface area contributed by atoms with Gasteiger partial charge in [0.1, 0.15) is 0 Å². The molecule has 0 aliphatic heterocycles. The van der Waals surface area contributed by atoms with Crippen LogP contribution in [0.15, 0.2) is 195 Å². The smallest absolute Gasteiger partial charge is 0.0783 e.